The quantitative estimate of drug-likeness (QED) is 0.626. The van der Waals surface area contributed by atoms with Gasteiger partial charge in [-0.1, -0.05) is 48.0 Å². The molecule has 0 aliphatic rings. The van der Waals surface area contributed by atoms with Gasteiger partial charge in [-0.3, -0.25) is 9.52 Å². The van der Waals surface area contributed by atoms with E-state index in [9.17, 15) is 13.2 Å². The third-order valence-corrected chi connectivity index (χ3v) is 5.98. The van der Waals surface area contributed by atoms with Crippen LogP contribution in [0.2, 0.25) is 0 Å². The zero-order chi connectivity index (χ0) is 21.0. The van der Waals surface area contributed by atoms with Crippen molar-refractivity contribution in [1.29, 1.82) is 0 Å². The van der Waals surface area contributed by atoms with Crippen molar-refractivity contribution < 1.29 is 13.2 Å². The van der Waals surface area contributed by atoms with E-state index in [1.807, 2.05) is 51.1 Å². The summed E-state index contributed by atoms with van der Waals surface area (Å²) in [5.74, 6) is -0.328. The smallest absolute Gasteiger partial charge is 0.261 e. The maximum atomic E-state index is 12.7. The van der Waals surface area contributed by atoms with Crippen LogP contribution in [0.1, 0.15) is 40.0 Å². The molecule has 150 valence electrons. The van der Waals surface area contributed by atoms with Crippen LogP contribution >= 0.6 is 0 Å². The van der Waals surface area contributed by atoms with Crippen molar-refractivity contribution in [1.82, 2.24) is 5.32 Å². The molecule has 3 aromatic rings. The number of nitrogens with one attached hydrogen (secondary N) is 2. The fourth-order valence-corrected chi connectivity index (χ4v) is 4.04. The van der Waals surface area contributed by atoms with Crippen LogP contribution in [-0.4, -0.2) is 14.3 Å². The van der Waals surface area contributed by atoms with Gasteiger partial charge in [0.2, 0.25) is 0 Å². The molecule has 1 amide bonds. The molecule has 5 nitrogen and oxygen atoms in total. The van der Waals surface area contributed by atoms with Gasteiger partial charge in [0.1, 0.15) is 0 Å². The molecule has 1 atom stereocenters. The maximum Gasteiger partial charge on any atom is 0.261 e. The monoisotopic (exact) mass is 408 g/mol. The molecule has 29 heavy (non-hydrogen) atoms. The molecule has 0 saturated heterocycles. The second-order valence-corrected chi connectivity index (χ2v) is 8.79. The Morgan fingerprint density at radius 3 is 2.24 bits per heavy atom. The Balaban J connectivity index is 1.77. The second-order valence-electron chi connectivity index (χ2n) is 7.11. The topological polar surface area (TPSA) is 75.3 Å². The predicted molar refractivity (Wildman–Crippen MR) is 115 cm³/mol. The van der Waals surface area contributed by atoms with Crippen LogP contribution < -0.4 is 10.0 Å². The van der Waals surface area contributed by atoms with Crippen molar-refractivity contribution >= 4 is 21.6 Å². The fourth-order valence-electron chi connectivity index (χ4n) is 2.95. The number of aryl methyl sites for hydroxylation is 2. The molecule has 0 unspecified atom stereocenters. The SMILES string of the molecule is Cc1ccc([C@H](C)NC(=O)c2cccc(S(=O)(=O)Nc3cccc(C)c3)c2)cc1. The van der Waals surface area contributed by atoms with Crippen LogP contribution in [0.3, 0.4) is 0 Å². The first kappa shape index (κ1) is 20.6. The lowest BCUT2D eigenvalue weighted by molar-refractivity contribution is 0.0939. The van der Waals surface area contributed by atoms with E-state index in [-0.39, 0.29) is 22.4 Å². The van der Waals surface area contributed by atoms with Crippen LogP contribution in [0.15, 0.2) is 77.7 Å². The van der Waals surface area contributed by atoms with Gasteiger partial charge in [0, 0.05) is 11.3 Å². The lowest BCUT2D eigenvalue weighted by Gasteiger charge is -2.15. The molecule has 0 bridgehead atoms. The van der Waals surface area contributed by atoms with Gasteiger partial charge < -0.3 is 5.32 Å². The zero-order valence-corrected chi connectivity index (χ0v) is 17.5. The highest BCUT2D eigenvalue weighted by molar-refractivity contribution is 7.92. The van der Waals surface area contributed by atoms with Gasteiger partial charge in [0.05, 0.1) is 10.9 Å². The van der Waals surface area contributed by atoms with Crippen molar-refractivity contribution in [2.75, 3.05) is 4.72 Å². The van der Waals surface area contributed by atoms with E-state index >= 15 is 0 Å². The van der Waals surface area contributed by atoms with Gasteiger partial charge in [-0.05, 0) is 62.2 Å². The molecule has 6 heteroatoms. The summed E-state index contributed by atoms with van der Waals surface area (Å²) in [7, 11) is -3.80. The second kappa shape index (κ2) is 8.49. The third-order valence-electron chi connectivity index (χ3n) is 4.60. The maximum absolute atomic E-state index is 12.7. The van der Waals surface area contributed by atoms with Crippen LogP contribution in [0, 0.1) is 13.8 Å². The number of hydrogen-bond donors (Lipinski definition) is 2. The molecule has 0 heterocycles. The van der Waals surface area contributed by atoms with E-state index in [2.05, 4.69) is 10.0 Å². The summed E-state index contributed by atoms with van der Waals surface area (Å²) in [6.45, 7) is 5.78. The summed E-state index contributed by atoms with van der Waals surface area (Å²) >= 11 is 0. The largest absolute Gasteiger partial charge is 0.346 e. The molecule has 0 saturated carbocycles. The van der Waals surface area contributed by atoms with Crippen molar-refractivity contribution in [3.8, 4) is 0 Å². The van der Waals surface area contributed by atoms with E-state index < -0.39 is 10.0 Å². The minimum atomic E-state index is -3.80. The molecule has 0 aliphatic heterocycles. The Bertz CT molecular complexity index is 1120. The minimum Gasteiger partial charge on any atom is -0.346 e. The van der Waals surface area contributed by atoms with Crippen molar-refractivity contribution in [3.05, 3.63) is 95.1 Å². The number of amides is 1. The molecule has 0 aliphatic carbocycles. The van der Waals surface area contributed by atoms with Gasteiger partial charge in [0.25, 0.3) is 15.9 Å². The molecule has 0 spiro atoms. The first-order valence-electron chi connectivity index (χ1n) is 9.31. The molecular weight excluding hydrogens is 384 g/mol. The van der Waals surface area contributed by atoms with Crippen LogP contribution in [0.4, 0.5) is 5.69 Å². The molecule has 2 N–H and O–H groups in total. The normalized spacial score (nSPS) is 12.2. The zero-order valence-electron chi connectivity index (χ0n) is 16.6. The number of anilines is 1. The van der Waals surface area contributed by atoms with Gasteiger partial charge in [-0.25, -0.2) is 8.42 Å². The predicted octanol–water partition coefficient (Wildman–Crippen LogP) is 4.60. The number of benzene rings is 3. The van der Waals surface area contributed by atoms with Crippen molar-refractivity contribution in [3.63, 3.8) is 0 Å². The summed E-state index contributed by atoms with van der Waals surface area (Å²) in [6.07, 6.45) is 0. The van der Waals surface area contributed by atoms with E-state index in [0.29, 0.717) is 5.69 Å². The number of sulfonamides is 1. The summed E-state index contributed by atoms with van der Waals surface area (Å²) < 4.78 is 28.0. The molecule has 0 fully saturated rings. The molecule has 3 rings (SSSR count). The summed E-state index contributed by atoms with van der Waals surface area (Å²) in [5.41, 5.74) is 3.84. The number of hydrogen-bond acceptors (Lipinski definition) is 3. The lowest BCUT2D eigenvalue weighted by atomic mass is 10.1. The van der Waals surface area contributed by atoms with Gasteiger partial charge >= 0.3 is 0 Å². The Morgan fingerprint density at radius 1 is 0.862 bits per heavy atom. The molecule has 0 aromatic heterocycles. The van der Waals surface area contributed by atoms with Gasteiger partial charge in [-0.15, -0.1) is 0 Å². The van der Waals surface area contributed by atoms with Crippen LogP contribution in [0.5, 0.6) is 0 Å². The number of carbonyl (C=O) groups is 1. The summed E-state index contributed by atoms with van der Waals surface area (Å²) in [6, 6.07) is 20.8. The lowest BCUT2D eigenvalue weighted by Crippen LogP contribution is -2.27. The van der Waals surface area contributed by atoms with Crippen LogP contribution in [0.25, 0.3) is 0 Å². The highest BCUT2D eigenvalue weighted by Crippen LogP contribution is 2.19. The van der Waals surface area contributed by atoms with E-state index in [4.69, 9.17) is 0 Å². The van der Waals surface area contributed by atoms with Crippen molar-refractivity contribution in [2.24, 2.45) is 0 Å². The van der Waals surface area contributed by atoms with Crippen LogP contribution in [-0.2, 0) is 10.0 Å². The Kier molecular flexibility index (Phi) is 6.03. The average Bonchev–Trinajstić information content (AvgIpc) is 2.68. The Labute approximate surface area is 171 Å². The average molecular weight is 409 g/mol. The van der Waals surface area contributed by atoms with Gasteiger partial charge in [-0.2, -0.15) is 0 Å². The molecule has 0 radical (unpaired) electrons. The Morgan fingerprint density at radius 2 is 1.55 bits per heavy atom. The molecular formula is C23H24N2O3S. The van der Waals surface area contributed by atoms with Crippen molar-refractivity contribution in [2.45, 2.75) is 31.7 Å². The standard InChI is InChI=1S/C23H24N2O3S/c1-16-10-12-19(13-11-16)18(3)24-23(26)20-7-5-9-22(15-20)29(27,28)25-21-8-4-6-17(2)14-21/h4-15,18,25H,1-3H3,(H,24,26)/t18-/m0/s1. The van der Waals surface area contributed by atoms with Gasteiger partial charge in [0.15, 0.2) is 0 Å². The number of carbonyl (C=O) groups excluding carboxylic acids is 1. The third kappa shape index (κ3) is 5.23. The number of rotatable bonds is 6. The highest BCUT2D eigenvalue weighted by Gasteiger charge is 2.18. The summed E-state index contributed by atoms with van der Waals surface area (Å²) in [5, 5.41) is 2.91. The first-order chi connectivity index (χ1) is 13.7. The first-order valence-corrected chi connectivity index (χ1v) is 10.8. The Hall–Kier alpha value is -3.12. The highest BCUT2D eigenvalue weighted by atomic mass is 32.2. The fraction of sp³-hybridized carbons (Fsp3) is 0.174. The molecule has 3 aromatic carbocycles. The minimum absolute atomic E-state index is 0.0367. The summed E-state index contributed by atoms with van der Waals surface area (Å²) in [4.78, 5) is 12.7. The van der Waals surface area contributed by atoms with E-state index in [1.54, 1.807) is 30.3 Å². The van der Waals surface area contributed by atoms with E-state index in [0.717, 1.165) is 16.7 Å². The van der Waals surface area contributed by atoms with E-state index in [1.165, 1.54) is 12.1 Å².